The van der Waals surface area contributed by atoms with E-state index in [0.717, 1.165) is 55.7 Å². The summed E-state index contributed by atoms with van der Waals surface area (Å²) in [5.74, 6) is 0.317. The van der Waals surface area contributed by atoms with Crippen LogP contribution in [-0.2, 0) is 20.9 Å². The Labute approximate surface area is 309 Å². The fourth-order valence-electron chi connectivity index (χ4n) is 7.71. The molecule has 0 spiro atoms. The highest BCUT2D eigenvalue weighted by Crippen LogP contribution is 2.55. The number of rotatable bonds is 9. The molecule has 0 saturated heterocycles. The van der Waals surface area contributed by atoms with E-state index in [1.807, 2.05) is 69.3 Å². The lowest BCUT2D eigenvalue weighted by molar-refractivity contribution is -0.120. The number of ether oxygens (including phenoxy) is 2. The van der Waals surface area contributed by atoms with E-state index in [9.17, 15) is 14.4 Å². The molecule has 0 saturated carbocycles. The number of carbonyl (C=O) groups is 3. The molecular weight excluding hydrogens is 739 g/mol. The lowest BCUT2D eigenvalue weighted by Gasteiger charge is -2.49. The number of hydrogen-bond donors (Lipinski definition) is 1. The Bertz CT molecular complexity index is 1870. The molecule has 8 heteroatoms. The largest absolute Gasteiger partial charge is 0.490 e. The van der Waals surface area contributed by atoms with Crippen LogP contribution in [0.1, 0.15) is 88.5 Å². The normalized spacial score (nSPS) is 18.5. The summed E-state index contributed by atoms with van der Waals surface area (Å²) in [5.41, 5.74) is 7.83. The van der Waals surface area contributed by atoms with E-state index in [1.54, 1.807) is 0 Å². The van der Waals surface area contributed by atoms with Crippen LogP contribution in [0.3, 0.4) is 0 Å². The van der Waals surface area contributed by atoms with Crippen LogP contribution >= 0.6 is 22.6 Å². The van der Waals surface area contributed by atoms with Crippen molar-refractivity contribution < 1.29 is 23.9 Å². The standard InChI is InChI=1S/C42H47IN2O5/c1-8-49-35-18-28(17-29(43)40(35)50-24-36(48)44-30-16-12-13-25(2)26(30)3)37-38-31(19-41(4,5)21-33(38)46)45(23-27-14-10-9-11-15-27)32-20-42(6,7)22-34(47)39(32)37/h9-18,37H,8,19-24H2,1-7H3,(H,44,48). The zero-order valence-electron chi connectivity index (χ0n) is 30.2. The van der Waals surface area contributed by atoms with Crippen LogP contribution in [0.4, 0.5) is 5.69 Å². The van der Waals surface area contributed by atoms with E-state index in [4.69, 9.17) is 9.47 Å². The molecule has 1 amide bonds. The molecule has 2 aliphatic carbocycles. The Morgan fingerprint density at radius 3 is 2.08 bits per heavy atom. The van der Waals surface area contributed by atoms with Gasteiger partial charge in [-0.1, -0.05) is 70.2 Å². The van der Waals surface area contributed by atoms with E-state index >= 15 is 0 Å². The van der Waals surface area contributed by atoms with Gasteiger partial charge in [0.2, 0.25) is 0 Å². The third kappa shape index (κ3) is 7.27. The van der Waals surface area contributed by atoms with Gasteiger partial charge in [-0.2, -0.15) is 0 Å². The minimum Gasteiger partial charge on any atom is -0.490 e. The molecule has 1 aliphatic heterocycles. The molecule has 0 aromatic heterocycles. The maximum absolute atomic E-state index is 14.3. The number of ketones is 2. The van der Waals surface area contributed by atoms with Crippen molar-refractivity contribution in [1.29, 1.82) is 0 Å². The van der Waals surface area contributed by atoms with Gasteiger partial charge in [0, 0.05) is 53.5 Å². The van der Waals surface area contributed by atoms with Gasteiger partial charge in [-0.05, 0) is 107 Å². The smallest absolute Gasteiger partial charge is 0.262 e. The highest BCUT2D eigenvalue weighted by Gasteiger charge is 2.49. The number of aryl methyl sites for hydroxylation is 1. The average molecular weight is 787 g/mol. The number of amides is 1. The van der Waals surface area contributed by atoms with Crippen LogP contribution < -0.4 is 14.8 Å². The number of allylic oxidation sites excluding steroid dienone is 4. The van der Waals surface area contributed by atoms with Crippen molar-refractivity contribution in [1.82, 2.24) is 4.90 Å². The summed E-state index contributed by atoms with van der Waals surface area (Å²) in [6.07, 6.45) is 2.29. The molecule has 7 nitrogen and oxygen atoms in total. The zero-order valence-corrected chi connectivity index (χ0v) is 32.3. The first-order chi connectivity index (χ1) is 23.7. The first-order valence-electron chi connectivity index (χ1n) is 17.5. The lowest BCUT2D eigenvalue weighted by atomic mass is 9.63. The van der Waals surface area contributed by atoms with Gasteiger partial charge in [0.1, 0.15) is 0 Å². The quantitative estimate of drug-likeness (QED) is 0.218. The number of nitrogens with one attached hydrogen (secondary N) is 1. The van der Waals surface area contributed by atoms with Gasteiger partial charge in [-0.15, -0.1) is 0 Å². The van der Waals surface area contributed by atoms with Crippen molar-refractivity contribution in [3.8, 4) is 11.5 Å². The number of carbonyl (C=O) groups excluding carboxylic acids is 3. The van der Waals surface area contributed by atoms with Gasteiger partial charge in [0.25, 0.3) is 5.91 Å². The number of benzene rings is 3. The van der Waals surface area contributed by atoms with E-state index in [2.05, 4.69) is 72.6 Å². The average Bonchev–Trinajstić information content (AvgIpc) is 3.03. The summed E-state index contributed by atoms with van der Waals surface area (Å²) < 4.78 is 13.0. The molecule has 6 rings (SSSR count). The Kier molecular flexibility index (Phi) is 10.1. The second kappa shape index (κ2) is 14.0. The Morgan fingerprint density at radius 2 is 1.48 bits per heavy atom. The molecule has 3 aliphatic rings. The van der Waals surface area contributed by atoms with Gasteiger partial charge in [0.15, 0.2) is 29.7 Å². The number of halogens is 1. The van der Waals surface area contributed by atoms with Crippen LogP contribution in [0.15, 0.2) is 83.2 Å². The Morgan fingerprint density at radius 1 is 0.860 bits per heavy atom. The van der Waals surface area contributed by atoms with E-state index in [0.29, 0.717) is 48.6 Å². The van der Waals surface area contributed by atoms with Gasteiger partial charge >= 0.3 is 0 Å². The summed E-state index contributed by atoms with van der Waals surface area (Å²) in [5, 5.41) is 2.96. The topological polar surface area (TPSA) is 84.9 Å². The highest BCUT2D eigenvalue weighted by molar-refractivity contribution is 14.1. The second-order valence-electron chi connectivity index (χ2n) is 15.5. The van der Waals surface area contributed by atoms with E-state index < -0.39 is 5.92 Å². The molecule has 0 unspecified atom stereocenters. The fourth-order valence-corrected chi connectivity index (χ4v) is 8.49. The van der Waals surface area contributed by atoms with Crippen molar-refractivity contribution in [2.45, 2.75) is 86.6 Å². The fraction of sp³-hybridized carbons (Fsp3) is 0.405. The number of anilines is 1. The van der Waals surface area contributed by atoms with E-state index in [1.165, 1.54) is 0 Å². The van der Waals surface area contributed by atoms with Gasteiger partial charge in [0.05, 0.1) is 10.2 Å². The molecular formula is C42H47IN2O5. The van der Waals surface area contributed by atoms with Crippen molar-refractivity contribution in [3.63, 3.8) is 0 Å². The summed E-state index contributed by atoms with van der Waals surface area (Å²) in [7, 11) is 0. The molecule has 50 heavy (non-hydrogen) atoms. The first kappa shape index (κ1) is 35.9. The SMILES string of the molecule is CCOc1cc(C2C3=C(CC(C)(C)CC3=O)N(Cc3ccccc3)C3=C2C(=O)CC(C)(C)C3)cc(I)c1OCC(=O)Nc1cccc(C)c1C. The van der Waals surface area contributed by atoms with Crippen molar-refractivity contribution in [2.24, 2.45) is 10.8 Å². The van der Waals surface area contributed by atoms with Crippen LogP contribution in [0.2, 0.25) is 0 Å². The first-order valence-corrected chi connectivity index (χ1v) is 18.5. The molecule has 0 bridgehead atoms. The molecule has 3 aromatic carbocycles. The maximum Gasteiger partial charge on any atom is 0.262 e. The number of Topliss-reactive ketones (excluding diaryl/α,β-unsaturated/α-hetero) is 2. The van der Waals surface area contributed by atoms with Crippen molar-refractivity contribution >= 4 is 45.8 Å². The van der Waals surface area contributed by atoms with Crippen molar-refractivity contribution in [3.05, 3.63) is 109 Å². The summed E-state index contributed by atoms with van der Waals surface area (Å²) in [6.45, 7) is 15.3. The van der Waals surface area contributed by atoms with E-state index in [-0.39, 0.29) is 34.9 Å². The van der Waals surface area contributed by atoms with Gasteiger partial charge < -0.3 is 19.7 Å². The van der Waals surface area contributed by atoms with Gasteiger partial charge in [-0.25, -0.2) is 0 Å². The van der Waals surface area contributed by atoms with Crippen molar-refractivity contribution in [2.75, 3.05) is 18.5 Å². The maximum atomic E-state index is 14.3. The minimum atomic E-state index is -0.520. The molecule has 3 aromatic rings. The predicted molar refractivity (Wildman–Crippen MR) is 205 cm³/mol. The summed E-state index contributed by atoms with van der Waals surface area (Å²) in [4.78, 5) is 44.0. The van der Waals surface area contributed by atoms with Crippen LogP contribution in [0.5, 0.6) is 11.5 Å². The van der Waals surface area contributed by atoms with Crippen LogP contribution in [0.25, 0.3) is 0 Å². The second-order valence-corrected chi connectivity index (χ2v) is 16.6. The molecule has 262 valence electrons. The number of hydrogen-bond acceptors (Lipinski definition) is 6. The molecule has 1 heterocycles. The molecule has 0 radical (unpaired) electrons. The Balaban J connectivity index is 1.43. The number of nitrogens with zero attached hydrogens (tertiary/aromatic N) is 1. The molecule has 0 atom stereocenters. The molecule has 1 N–H and O–H groups in total. The monoisotopic (exact) mass is 786 g/mol. The lowest BCUT2D eigenvalue weighted by Crippen LogP contribution is -2.44. The highest BCUT2D eigenvalue weighted by atomic mass is 127. The third-order valence-corrected chi connectivity index (χ3v) is 10.9. The van der Waals surface area contributed by atoms with Crippen LogP contribution in [-0.4, -0.2) is 35.6 Å². The predicted octanol–water partition coefficient (Wildman–Crippen LogP) is 9.21. The van der Waals surface area contributed by atoms with Gasteiger partial charge in [-0.3, -0.25) is 14.4 Å². The summed E-state index contributed by atoms with van der Waals surface area (Å²) >= 11 is 2.21. The minimum absolute atomic E-state index is 0.0832. The Hall–Kier alpha value is -3.92. The zero-order chi connectivity index (χ0) is 36.0. The van der Waals surface area contributed by atoms with Crippen LogP contribution in [0, 0.1) is 28.2 Å². The third-order valence-electron chi connectivity index (χ3n) is 10.1. The summed E-state index contributed by atoms with van der Waals surface area (Å²) in [6, 6.07) is 20.0. The molecule has 0 fully saturated rings.